The maximum absolute atomic E-state index is 12.6. The number of benzene rings is 2. The lowest BCUT2D eigenvalue weighted by Gasteiger charge is -2.09. The largest absolute Gasteiger partial charge is 0.375 e. The van der Waals surface area contributed by atoms with Crippen LogP contribution in [0.5, 0.6) is 0 Å². The van der Waals surface area contributed by atoms with Gasteiger partial charge in [0, 0.05) is 12.6 Å². The van der Waals surface area contributed by atoms with Crippen molar-refractivity contribution in [2.75, 3.05) is 5.32 Å². The second-order valence-corrected chi connectivity index (χ2v) is 7.18. The van der Waals surface area contributed by atoms with Crippen molar-refractivity contribution in [1.29, 1.82) is 0 Å². The third kappa shape index (κ3) is 4.30. The molecule has 0 fully saturated rings. The number of anilines is 1. The van der Waals surface area contributed by atoms with Crippen molar-refractivity contribution in [2.24, 2.45) is 0 Å². The van der Waals surface area contributed by atoms with E-state index in [1.165, 1.54) is 0 Å². The summed E-state index contributed by atoms with van der Waals surface area (Å²) in [5.74, 6) is -3.64. The lowest BCUT2D eigenvalue weighted by Crippen LogP contribution is -2.12. The van der Waals surface area contributed by atoms with Gasteiger partial charge in [0.05, 0.1) is 9.82 Å². The molecule has 0 aliphatic carbocycles. The minimum Gasteiger partial charge on any atom is -0.375 e. The molecule has 1 N–H and O–H groups in total. The monoisotopic (exact) mass is 370 g/mol. The van der Waals surface area contributed by atoms with Gasteiger partial charge in [0.1, 0.15) is 5.69 Å². The summed E-state index contributed by atoms with van der Waals surface area (Å²) < 4.78 is 48.1. The Hall–Kier alpha value is -2.55. The number of nitrogens with one attached hydrogen (secondary N) is 1. The zero-order chi connectivity index (χ0) is 18.6. The molecule has 134 valence electrons. The maximum Gasteiger partial charge on any atom is 0.341 e. The number of rotatable bonds is 7. The molecular weight excluding hydrogens is 354 g/mol. The van der Waals surface area contributed by atoms with Gasteiger partial charge >= 0.3 is 5.76 Å². The Morgan fingerprint density at radius 3 is 2.24 bits per heavy atom. The molecule has 0 aromatic heterocycles. The van der Waals surface area contributed by atoms with E-state index in [-0.39, 0.29) is 12.2 Å². The molecule has 2 aromatic rings. The molecule has 0 amide bonds. The minimum absolute atomic E-state index is 0.0535. The fourth-order valence-electron chi connectivity index (χ4n) is 2.18. The second-order valence-electron chi connectivity index (χ2n) is 5.27. The summed E-state index contributed by atoms with van der Waals surface area (Å²) in [5.41, 5.74) is 1.50. The van der Waals surface area contributed by atoms with Crippen LogP contribution in [0.1, 0.15) is 18.1 Å². The number of hydrogen-bond donors (Lipinski definition) is 1. The standard InChI is InChI=1S/C16H16F2N2O4S/c1-2-11-3-5-12(6-4-11)10-19-14-8-7-13(9-15(14)20(21)22)25(23,24)16(17)18/h3-9,16,19H,2,10H2,1H3. The topological polar surface area (TPSA) is 89.3 Å². The number of hydrogen-bond acceptors (Lipinski definition) is 5. The average Bonchev–Trinajstić information content (AvgIpc) is 2.59. The number of nitro benzene ring substituents is 1. The second kappa shape index (κ2) is 7.56. The Morgan fingerprint density at radius 1 is 1.12 bits per heavy atom. The van der Waals surface area contributed by atoms with E-state index < -0.39 is 31.1 Å². The van der Waals surface area contributed by atoms with Gasteiger partial charge in [0.15, 0.2) is 0 Å². The first-order valence-electron chi connectivity index (χ1n) is 7.38. The Labute approximate surface area is 143 Å². The van der Waals surface area contributed by atoms with Crippen molar-refractivity contribution in [3.8, 4) is 0 Å². The fourth-order valence-corrected chi connectivity index (χ4v) is 2.92. The van der Waals surface area contributed by atoms with Crippen LogP contribution in [0.2, 0.25) is 0 Å². The van der Waals surface area contributed by atoms with Crippen molar-refractivity contribution in [2.45, 2.75) is 30.5 Å². The third-order valence-electron chi connectivity index (χ3n) is 3.64. The fraction of sp³-hybridized carbons (Fsp3) is 0.250. The van der Waals surface area contributed by atoms with E-state index in [1.807, 2.05) is 31.2 Å². The molecule has 6 nitrogen and oxygen atoms in total. The summed E-state index contributed by atoms with van der Waals surface area (Å²) in [6.45, 7) is 2.29. The van der Waals surface area contributed by atoms with Crippen molar-refractivity contribution in [1.82, 2.24) is 0 Å². The van der Waals surface area contributed by atoms with Gasteiger partial charge in [0.25, 0.3) is 5.69 Å². The van der Waals surface area contributed by atoms with Gasteiger partial charge in [-0.3, -0.25) is 10.1 Å². The molecule has 0 aliphatic heterocycles. The molecule has 2 aromatic carbocycles. The third-order valence-corrected chi connectivity index (χ3v) is 5.02. The Bertz CT molecular complexity index is 868. The number of sulfone groups is 1. The summed E-state index contributed by atoms with van der Waals surface area (Å²) >= 11 is 0. The van der Waals surface area contributed by atoms with E-state index in [0.29, 0.717) is 6.07 Å². The van der Waals surface area contributed by atoms with Crippen molar-refractivity contribution >= 4 is 21.2 Å². The normalized spacial score (nSPS) is 11.5. The van der Waals surface area contributed by atoms with Crippen LogP contribution in [0, 0.1) is 10.1 Å². The molecule has 0 unspecified atom stereocenters. The quantitative estimate of drug-likeness (QED) is 0.592. The maximum atomic E-state index is 12.6. The van der Waals surface area contributed by atoms with Crippen LogP contribution in [-0.4, -0.2) is 19.1 Å². The van der Waals surface area contributed by atoms with E-state index >= 15 is 0 Å². The lowest BCUT2D eigenvalue weighted by molar-refractivity contribution is -0.384. The molecular formula is C16H16F2N2O4S. The first-order chi connectivity index (χ1) is 11.8. The van der Waals surface area contributed by atoms with Crippen LogP contribution in [0.25, 0.3) is 0 Å². The molecule has 0 spiro atoms. The Balaban J connectivity index is 2.27. The first kappa shape index (κ1) is 18.8. The van der Waals surface area contributed by atoms with Crippen LogP contribution in [0.15, 0.2) is 47.4 Å². The number of nitro groups is 1. The summed E-state index contributed by atoms with van der Waals surface area (Å²) in [6, 6.07) is 10.3. The molecule has 2 rings (SSSR count). The Kier molecular flexibility index (Phi) is 5.68. The van der Waals surface area contributed by atoms with Gasteiger partial charge in [0.2, 0.25) is 9.84 Å². The highest BCUT2D eigenvalue weighted by molar-refractivity contribution is 7.91. The van der Waals surface area contributed by atoms with Crippen molar-refractivity contribution in [3.63, 3.8) is 0 Å². The summed E-state index contributed by atoms with van der Waals surface area (Å²) in [4.78, 5) is 9.55. The highest BCUT2D eigenvalue weighted by Gasteiger charge is 2.29. The van der Waals surface area contributed by atoms with E-state index in [2.05, 4.69) is 5.32 Å². The highest BCUT2D eigenvalue weighted by Crippen LogP contribution is 2.30. The van der Waals surface area contributed by atoms with Crippen molar-refractivity contribution in [3.05, 3.63) is 63.7 Å². The van der Waals surface area contributed by atoms with Gasteiger partial charge in [-0.05, 0) is 29.7 Å². The zero-order valence-corrected chi connectivity index (χ0v) is 14.1. The molecule has 0 heterocycles. The van der Waals surface area contributed by atoms with Crippen LogP contribution >= 0.6 is 0 Å². The molecule has 0 radical (unpaired) electrons. The Morgan fingerprint density at radius 2 is 1.72 bits per heavy atom. The average molecular weight is 370 g/mol. The predicted octanol–water partition coefficient (Wildman–Crippen LogP) is 3.77. The van der Waals surface area contributed by atoms with Crippen molar-refractivity contribution < 1.29 is 22.1 Å². The number of nitrogens with zero attached hydrogens (tertiary/aromatic N) is 1. The van der Waals surface area contributed by atoms with Crippen LogP contribution in [0.4, 0.5) is 20.2 Å². The van der Waals surface area contributed by atoms with E-state index in [4.69, 9.17) is 0 Å². The van der Waals surface area contributed by atoms with Crippen LogP contribution in [0.3, 0.4) is 0 Å². The summed E-state index contributed by atoms with van der Waals surface area (Å²) in [7, 11) is -4.89. The first-order valence-corrected chi connectivity index (χ1v) is 8.92. The summed E-state index contributed by atoms with van der Waals surface area (Å²) in [5, 5.41) is 14.0. The van der Waals surface area contributed by atoms with Gasteiger partial charge in [-0.1, -0.05) is 31.2 Å². The zero-order valence-electron chi connectivity index (χ0n) is 13.3. The van der Waals surface area contributed by atoms with Gasteiger partial charge < -0.3 is 5.32 Å². The number of aryl methyl sites for hydroxylation is 1. The predicted molar refractivity (Wildman–Crippen MR) is 89.4 cm³/mol. The molecule has 0 aliphatic rings. The molecule has 0 atom stereocenters. The van der Waals surface area contributed by atoms with E-state index in [0.717, 1.165) is 29.7 Å². The minimum atomic E-state index is -4.89. The van der Waals surface area contributed by atoms with E-state index in [1.54, 1.807) is 0 Å². The van der Waals surface area contributed by atoms with E-state index in [9.17, 15) is 27.3 Å². The van der Waals surface area contributed by atoms with Gasteiger partial charge in [-0.2, -0.15) is 8.78 Å². The van der Waals surface area contributed by atoms with Gasteiger partial charge in [-0.25, -0.2) is 8.42 Å². The van der Waals surface area contributed by atoms with Crippen LogP contribution in [-0.2, 0) is 22.8 Å². The van der Waals surface area contributed by atoms with Crippen LogP contribution < -0.4 is 5.32 Å². The lowest BCUT2D eigenvalue weighted by atomic mass is 10.1. The number of halogens is 2. The van der Waals surface area contributed by atoms with Gasteiger partial charge in [-0.15, -0.1) is 0 Å². The molecule has 9 heteroatoms. The highest BCUT2D eigenvalue weighted by atomic mass is 32.2. The molecule has 0 bridgehead atoms. The molecule has 0 saturated carbocycles. The number of alkyl halides is 2. The smallest absolute Gasteiger partial charge is 0.341 e. The molecule has 25 heavy (non-hydrogen) atoms. The summed E-state index contributed by atoms with van der Waals surface area (Å²) in [6.07, 6.45) is 0.888. The SMILES string of the molecule is CCc1ccc(CNc2ccc(S(=O)(=O)C(F)F)cc2[N+](=O)[O-])cc1. The molecule has 0 saturated heterocycles.